The second-order valence-electron chi connectivity index (χ2n) is 8.15. The number of carbonyl (C=O) groups excluding carboxylic acids is 1. The van der Waals surface area contributed by atoms with Gasteiger partial charge in [-0.3, -0.25) is 4.79 Å². The predicted octanol–water partition coefficient (Wildman–Crippen LogP) is 8.33. The fourth-order valence-electron chi connectivity index (χ4n) is 3.80. The molecule has 1 N–H and O–H groups in total. The van der Waals surface area contributed by atoms with Crippen LogP contribution < -0.4 is 5.32 Å². The summed E-state index contributed by atoms with van der Waals surface area (Å²) in [5.41, 5.74) is 5.82. The summed E-state index contributed by atoms with van der Waals surface area (Å²) >= 11 is 12.3. The Morgan fingerprint density at radius 1 is 0.943 bits per heavy atom. The van der Waals surface area contributed by atoms with Crippen LogP contribution in [0.15, 0.2) is 81.6 Å². The highest BCUT2D eigenvalue weighted by molar-refractivity contribution is 6.43. The van der Waals surface area contributed by atoms with Crippen LogP contribution >= 0.6 is 23.2 Å². The second-order valence-corrected chi connectivity index (χ2v) is 8.93. The summed E-state index contributed by atoms with van der Waals surface area (Å²) in [6.07, 6.45) is 2.99. The Kier molecular flexibility index (Phi) is 6.20. The average Bonchev–Trinajstić information content (AvgIpc) is 3.46. The fraction of sp³-hybridized carbons (Fsp3) is 0.0714. The van der Waals surface area contributed by atoms with Gasteiger partial charge < -0.3 is 14.2 Å². The number of carbonyl (C=O) groups is 1. The zero-order valence-corrected chi connectivity index (χ0v) is 20.4. The molecule has 5 nitrogen and oxygen atoms in total. The Bertz CT molecular complexity index is 1600. The smallest absolute Gasteiger partial charge is 0.248 e. The van der Waals surface area contributed by atoms with Gasteiger partial charge in [0.25, 0.3) is 0 Å². The number of rotatable bonds is 5. The summed E-state index contributed by atoms with van der Waals surface area (Å²) < 4.78 is 11.7. The number of aryl methyl sites for hydroxylation is 2. The maximum absolute atomic E-state index is 12.5. The van der Waals surface area contributed by atoms with Crippen LogP contribution in [0.4, 0.5) is 5.69 Å². The Morgan fingerprint density at radius 3 is 2.63 bits per heavy atom. The molecular weight excluding hydrogens is 483 g/mol. The van der Waals surface area contributed by atoms with Crippen LogP contribution in [-0.2, 0) is 4.79 Å². The Morgan fingerprint density at radius 2 is 1.80 bits per heavy atom. The number of aromatic nitrogens is 1. The standard InChI is InChI=1S/C28H20Cl2N2O3/c1-16-6-10-20(17(2)14-16)28-32-23-15-18(7-11-25(23)35-28)31-26(33)13-9-19-8-12-24(34-19)21-4-3-5-22(29)27(21)30/h3-15H,1-2H3,(H,31,33). The maximum Gasteiger partial charge on any atom is 0.248 e. The molecule has 0 aliphatic rings. The second kappa shape index (κ2) is 9.45. The van der Waals surface area contributed by atoms with Gasteiger partial charge in [0.2, 0.25) is 11.8 Å². The molecule has 0 bridgehead atoms. The molecule has 0 saturated heterocycles. The molecular formula is C28H20Cl2N2O3. The van der Waals surface area contributed by atoms with Gasteiger partial charge in [-0.15, -0.1) is 0 Å². The fourth-order valence-corrected chi connectivity index (χ4v) is 4.19. The van der Waals surface area contributed by atoms with Crippen molar-refractivity contribution < 1.29 is 13.6 Å². The van der Waals surface area contributed by atoms with Gasteiger partial charge in [-0.25, -0.2) is 4.98 Å². The molecule has 7 heteroatoms. The van der Waals surface area contributed by atoms with Crippen molar-refractivity contribution in [2.24, 2.45) is 0 Å². The first-order valence-corrected chi connectivity index (χ1v) is 11.6. The number of benzene rings is 3. The number of oxazole rings is 1. The lowest BCUT2D eigenvalue weighted by atomic mass is 10.1. The van der Waals surface area contributed by atoms with E-state index < -0.39 is 0 Å². The molecule has 1 amide bonds. The number of nitrogens with zero attached hydrogens (tertiary/aromatic N) is 1. The van der Waals surface area contributed by atoms with Crippen LogP contribution in [-0.4, -0.2) is 10.9 Å². The maximum atomic E-state index is 12.5. The van der Waals surface area contributed by atoms with Crippen molar-refractivity contribution in [1.82, 2.24) is 4.98 Å². The highest BCUT2D eigenvalue weighted by atomic mass is 35.5. The van der Waals surface area contributed by atoms with Gasteiger partial charge in [0.1, 0.15) is 17.0 Å². The van der Waals surface area contributed by atoms with E-state index in [2.05, 4.69) is 16.4 Å². The number of hydrogen-bond donors (Lipinski definition) is 1. The molecule has 35 heavy (non-hydrogen) atoms. The molecule has 0 atom stereocenters. The van der Waals surface area contributed by atoms with E-state index in [9.17, 15) is 4.79 Å². The van der Waals surface area contributed by atoms with Crippen molar-refractivity contribution in [2.45, 2.75) is 13.8 Å². The third-order valence-corrected chi connectivity index (χ3v) is 6.33. The summed E-state index contributed by atoms with van der Waals surface area (Å²) in [4.78, 5) is 17.1. The lowest BCUT2D eigenvalue weighted by Crippen LogP contribution is -2.07. The predicted molar refractivity (Wildman–Crippen MR) is 141 cm³/mol. The third-order valence-electron chi connectivity index (χ3n) is 5.51. The van der Waals surface area contributed by atoms with E-state index in [1.807, 2.05) is 32.0 Å². The quantitative estimate of drug-likeness (QED) is 0.245. The van der Waals surface area contributed by atoms with Crippen molar-refractivity contribution in [3.05, 3.63) is 99.7 Å². The first-order valence-electron chi connectivity index (χ1n) is 10.9. The van der Waals surface area contributed by atoms with Crippen molar-refractivity contribution >= 4 is 52.0 Å². The van der Waals surface area contributed by atoms with E-state index in [-0.39, 0.29) is 5.91 Å². The molecule has 0 aliphatic heterocycles. The van der Waals surface area contributed by atoms with Gasteiger partial charge in [0.15, 0.2) is 5.58 Å². The molecule has 3 aromatic carbocycles. The number of anilines is 1. The lowest BCUT2D eigenvalue weighted by molar-refractivity contribution is -0.111. The van der Waals surface area contributed by atoms with Gasteiger partial charge >= 0.3 is 0 Å². The van der Waals surface area contributed by atoms with Gasteiger partial charge in [0, 0.05) is 22.9 Å². The minimum Gasteiger partial charge on any atom is -0.457 e. The molecule has 0 spiro atoms. The zero-order valence-electron chi connectivity index (χ0n) is 18.9. The molecule has 2 heterocycles. The Labute approximate surface area is 212 Å². The van der Waals surface area contributed by atoms with Gasteiger partial charge in [-0.1, -0.05) is 47.0 Å². The van der Waals surface area contributed by atoms with E-state index in [0.29, 0.717) is 49.8 Å². The van der Waals surface area contributed by atoms with Gasteiger partial charge in [-0.05, 0) is 74.0 Å². The molecule has 0 aliphatic carbocycles. The van der Waals surface area contributed by atoms with Gasteiger partial charge in [-0.2, -0.15) is 0 Å². The van der Waals surface area contributed by atoms with E-state index in [4.69, 9.17) is 32.0 Å². The zero-order chi connectivity index (χ0) is 24.5. The molecule has 0 fully saturated rings. The largest absolute Gasteiger partial charge is 0.457 e. The van der Waals surface area contributed by atoms with E-state index >= 15 is 0 Å². The van der Waals surface area contributed by atoms with Crippen molar-refractivity contribution in [1.29, 1.82) is 0 Å². The summed E-state index contributed by atoms with van der Waals surface area (Å²) in [6, 6.07) is 20.3. The third kappa shape index (κ3) is 4.87. The molecule has 5 rings (SSSR count). The molecule has 5 aromatic rings. The van der Waals surface area contributed by atoms with E-state index in [0.717, 1.165) is 11.1 Å². The molecule has 0 radical (unpaired) electrons. The van der Waals surface area contributed by atoms with Crippen LogP contribution in [0.3, 0.4) is 0 Å². The van der Waals surface area contributed by atoms with Crippen LogP contribution in [0.5, 0.6) is 0 Å². The molecule has 2 aromatic heterocycles. The number of furan rings is 1. The summed E-state index contributed by atoms with van der Waals surface area (Å²) in [7, 11) is 0. The number of amides is 1. The monoisotopic (exact) mass is 502 g/mol. The summed E-state index contributed by atoms with van der Waals surface area (Å²) in [5, 5.41) is 3.70. The van der Waals surface area contributed by atoms with Crippen LogP contribution in [0.2, 0.25) is 10.0 Å². The van der Waals surface area contributed by atoms with Crippen LogP contribution in [0.25, 0.3) is 40.0 Å². The van der Waals surface area contributed by atoms with Crippen LogP contribution in [0.1, 0.15) is 16.9 Å². The molecule has 174 valence electrons. The van der Waals surface area contributed by atoms with Crippen molar-refractivity contribution in [3.8, 4) is 22.8 Å². The van der Waals surface area contributed by atoms with E-state index in [1.54, 1.807) is 48.5 Å². The number of fused-ring (bicyclic) bond motifs is 1. The Balaban J connectivity index is 1.30. The summed E-state index contributed by atoms with van der Waals surface area (Å²) in [6.45, 7) is 4.08. The first-order chi connectivity index (χ1) is 16.9. The minimum absolute atomic E-state index is 0.304. The lowest BCUT2D eigenvalue weighted by Gasteiger charge is -2.02. The minimum atomic E-state index is -0.304. The van der Waals surface area contributed by atoms with Gasteiger partial charge in [0.05, 0.1) is 10.0 Å². The SMILES string of the molecule is Cc1ccc(-c2nc3cc(NC(=O)C=Cc4ccc(-c5cccc(Cl)c5Cl)o4)ccc3o2)c(C)c1. The molecule has 0 saturated carbocycles. The molecule has 0 unspecified atom stereocenters. The highest BCUT2D eigenvalue weighted by Crippen LogP contribution is 2.34. The first kappa shape index (κ1) is 23.0. The number of hydrogen-bond acceptors (Lipinski definition) is 4. The van der Waals surface area contributed by atoms with Crippen LogP contribution in [0, 0.1) is 13.8 Å². The topological polar surface area (TPSA) is 68.3 Å². The normalized spacial score (nSPS) is 11.4. The van der Waals surface area contributed by atoms with Crippen molar-refractivity contribution in [3.63, 3.8) is 0 Å². The average molecular weight is 503 g/mol. The number of nitrogens with one attached hydrogen (secondary N) is 1. The highest BCUT2D eigenvalue weighted by Gasteiger charge is 2.13. The van der Waals surface area contributed by atoms with Crippen molar-refractivity contribution in [2.75, 3.05) is 5.32 Å². The Hall–Kier alpha value is -3.80. The number of halogens is 2. The van der Waals surface area contributed by atoms with E-state index in [1.165, 1.54) is 11.6 Å². The summed E-state index contributed by atoms with van der Waals surface area (Å²) in [5.74, 6) is 1.32.